The van der Waals surface area contributed by atoms with Gasteiger partial charge in [0, 0.05) is 29.8 Å². The second kappa shape index (κ2) is 9.38. The van der Waals surface area contributed by atoms with Crippen LogP contribution in [0.1, 0.15) is 36.5 Å². The van der Waals surface area contributed by atoms with E-state index in [1.54, 1.807) is 45.5 Å². The summed E-state index contributed by atoms with van der Waals surface area (Å²) in [5.74, 6) is -1.18. The van der Waals surface area contributed by atoms with Crippen LogP contribution in [0.2, 0.25) is 0 Å². The number of hydrogen-bond donors (Lipinski definition) is 2. The Morgan fingerprint density at radius 2 is 1.06 bits per heavy atom. The van der Waals surface area contributed by atoms with Crippen LogP contribution in [0.15, 0.2) is 88.5 Å². The van der Waals surface area contributed by atoms with Gasteiger partial charge in [-0.25, -0.2) is 0 Å². The lowest BCUT2D eigenvalue weighted by Gasteiger charge is -2.23. The molecule has 5 rings (SSSR count). The van der Waals surface area contributed by atoms with Crippen LogP contribution in [0, 0.1) is 0 Å². The molecule has 182 valence electrons. The Morgan fingerprint density at radius 3 is 1.50 bits per heavy atom. The monoisotopic (exact) mass is 480 g/mol. The van der Waals surface area contributed by atoms with Crippen LogP contribution in [0.3, 0.4) is 0 Å². The van der Waals surface area contributed by atoms with Crippen molar-refractivity contribution in [3.05, 3.63) is 116 Å². The van der Waals surface area contributed by atoms with E-state index in [1.807, 2.05) is 56.3 Å². The van der Waals surface area contributed by atoms with E-state index in [0.717, 1.165) is 5.56 Å². The number of fused-ring (bicyclic) bond motifs is 2. The maximum Gasteiger partial charge on any atom is 0.258 e. The molecule has 3 aromatic carbocycles. The topological polar surface area (TPSA) is 84.5 Å². The van der Waals surface area contributed by atoms with Crippen molar-refractivity contribution in [2.24, 2.45) is 0 Å². The molecule has 0 aliphatic rings. The molecule has 0 unspecified atom stereocenters. The van der Waals surface area contributed by atoms with Crippen molar-refractivity contribution < 1.29 is 10.2 Å². The molecule has 2 heterocycles. The fraction of sp³-hybridized carbons (Fsp3) is 0.200. The van der Waals surface area contributed by atoms with E-state index in [0.29, 0.717) is 34.9 Å². The normalized spacial score (nSPS) is 11.5. The fourth-order valence-electron chi connectivity index (χ4n) is 5.28. The van der Waals surface area contributed by atoms with Crippen LogP contribution >= 0.6 is 0 Å². The van der Waals surface area contributed by atoms with Gasteiger partial charge in [-0.15, -0.1) is 0 Å². The first-order valence-corrected chi connectivity index (χ1v) is 12.2. The molecule has 2 aromatic heterocycles. The quantitative estimate of drug-likeness (QED) is 0.352. The van der Waals surface area contributed by atoms with Crippen LogP contribution in [0.25, 0.3) is 21.8 Å². The molecule has 0 atom stereocenters. The highest BCUT2D eigenvalue weighted by Gasteiger charge is 2.31. The van der Waals surface area contributed by atoms with E-state index in [1.165, 1.54) is 0 Å². The highest BCUT2D eigenvalue weighted by Crippen LogP contribution is 2.40. The molecule has 5 aromatic rings. The maximum absolute atomic E-state index is 13.9. The van der Waals surface area contributed by atoms with E-state index >= 15 is 0 Å². The Hall–Kier alpha value is -4.32. The van der Waals surface area contributed by atoms with Crippen molar-refractivity contribution in [2.75, 3.05) is 0 Å². The largest absolute Gasteiger partial charge is 0.507 e. The first kappa shape index (κ1) is 23.4. The molecule has 0 saturated carbocycles. The lowest BCUT2D eigenvalue weighted by molar-refractivity contribution is 0.454. The van der Waals surface area contributed by atoms with Crippen molar-refractivity contribution in [3.63, 3.8) is 0 Å². The maximum atomic E-state index is 13.9. The van der Waals surface area contributed by atoms with Crippen molar-refractivity contribution in [1.29, 1.82) is 0 Å². The second-order valence-corrected chi connectivity index (χ2v) is 8.90. The van der Waals surface area contributed by atoms with Crippen LogP contribution in [0.4, 0.5) is 0 Å². The molecule has 0 amide bonds. The van der Waals surface area contributed by atoms with Gasteiger partial charge in [0.25, 0.3) is 11.1 Å². The smallest absolute Gasteiger partial charge is 0.258 e. The first-order valence-electron chi connectivity index (χ1n) is 12.2. The van der Waals surface area contributed by atoms with Crippen molar-refractivity contribution in [3.8, 4) is 11.5 Å². The molecule has 6 nitrogen and oxygen atoms in total. The minimum atomic E-state index is -0.864. The third-order valence-corrected chi connectivity index (χ3v) is 6.97. The average Bonchev–Trinajstić information content (AvgIpc) is 2.90. The number of para-hydroxylation sites is 2. The summed E-state index contributed by atoms with van der Waals surface area (Å²) in [6.07, 6.45) is 0.260. The van der Waals surface area contributed by atoms with E-state index in [4.69, 9.17) is 0 Å². The van der Waals surface area contributed by atoms with Gasteiger partial charge >= 0.3 is 0 Å². The summed E-state index contributed by atoms with van der Waals surface area (Å²) in [6.45, 7) is 4.54. The first-order chi connectivity index (χ1) is 17.5. The number of aryl methyl sites for hydroxylation is 2. The molecule has 2 N–H and O–H groups in total. The number of hydrogen-bond acceptors (Lipinski definition) is 4. The van der Waals surface area contributed by atoms with Crippen molar-refractivity contribution in [1.82, 2.24) is 9.13 Å². The number of pyridine rings is 2. The second-order valence-electron chi connectivity index (χ2n) is 8.90. The molecule has 0 spiro atoms. The zero-order valence-electron chi connectivity index (χ0n) is 20.3. The Kier molecular flexibility index (Phi) is 6.10. The summed E-state index contributed by atoms with van der Waals surface area (Å²) in [5.41, 5.74) is 1.62. The molecule has 36 heavy (non-hydrogen) atoms. The van der Waals surface area contributed by atoms with Crippen molar-refractivity contribution >= 4 is 21.8 Å². The summed E-state index contributed by atoms with van der Waals surface area (Å²) < 4.78 is 3.22. The Labute approximate surface area is 208 Å². The zero-order chi connectivity index (χ0) is 25.4. The van der Waals surface area contributed by atoms with Gasteiger partial charge in [-0.1, -0.05) is 54.6 Å². The minimum absolute atomic E-state index is 0.115. The van der Waals surface area contributed by atoms with E-state index in [9.17, 15) is 19.8 Å². The predicted octanol–water partition coefficient (Wildman–Crippen LogP) is 5.14. The standard InChI is InChI=1S/C30H28N2O4/c1-3-31-23-16-10-8-14-20(23)27(33)25(29(31)35)22(18-19-12-6-5-7-13-19)26-28(34)21-15-9-11-17-24(21)32(4-2)30(26)36/h5-17,22,33-34H,3-4,18H2,1-2H3. The summed E-state index contributed by atoms with van der Waals surface area (Å²) >= 11 is 0. The minimum Gasteiger partial charge on any atom is -0.507 e. The SMILES string of the molecule is CCn1c(=O)c(C(Cc2ccccc2)c2c(O)c3ccccc3n(CC)c2=O)c(O)c2ccccc21. The van der Waals surface area contributed by atoms with Crippen LogP contribution < -0.4 is 11.1 Å². The molecule has 0 radical (unpaired) electrons. The molecular weight excluding hydrogens is 452 g/mol. The average molecular weight is 481 g/mol. The molecule has 0 aliphatic heterocycles. The van der Waals surface area contributed by atoms with E-state index in [-0.39, 0.29) is 40.2 Å². The highest BCUT2D eigenvalue weighted by atomic mass is 16.3. The Balaban J connectivity index is 1.91. The Morgan fingerprint density at radius 1 is 0.639 bits per heavy atom. The number of rotatable bonds is 6. The number of benzene rings is 3. The third kappa shape index (κ3) is 3.66. The van der Waals surface area contributed by atoms with Crippen LogP contribution in [0.5, 0.6) is 11.5 Å². The lowest BCUT2D eigenvalue weighted by atomic mass is 9.84. The van der Waals surface area contributed by atoms with Gasteiger partial charge < -0.3 is 19.3 Å². The van der Waals surface area contributed by atoms with E-state index in [2.05, 4.69) is 0 Å². The number of aromatic nitrogens is 2. The zero-order valence-corrected chi connectivity index (χ0v) is 20.3. The number of nitrogens with zero attached hydrogens (tertiary/aromatic N) is 2. The van der Waals surface area contributed by atoms with Gasteiger partial charge in [-0.05, 0) is 50.1 Å². The molecule has 0 fully saturated rings. The molecule has 0 bridgehead atoms. The van der Waals surface area contributed by atoms with Crippen molar-refractivity contribution in [2.45, 2.75) is 39.3 Å². The number of aromatic hydroxyl groups is 2. The van der Waals surface area contributed by atoms with Crippen LogP contribution in [-0.2, 0) is 19.5 Å². The van der Waals surface area contributed by atoms with Gasteiger partial charge in [0.05, 0.1) is 22.2 Å². The Bertz CT molecular complexity index is 1590. The van der Waals surface area contributed by atoms with E-state index < -0.39 is 5.92 Å². The van der Waals surface area contributed by atoms with Gasteiger partial charge in [-0.2, -0.15) is 0 Å². The summed E-state index contributed by atoms with van der Waals surface area (Å²) in [4.78, 5) is 27.8. The van der Waals surface area contributed by atoms with Crippen LogP contribution in [-0.4, -0.2) is 19.3 Å². The summed E-state index contributed by atoms with van der Waals surface area (Å²) in [5, 5.41) is 24.0. The molecule has 0 saturated heterocycles. The fourth-order valence-corrected chi connectivity index (χ4v) is 5.28. The van der Waals surface area contributed by atoms with Gasteiger partial charge in [0.1, 0.15) is 11.5 Å². The molecule has 0 aliphatic carbocycles. The summed E-state index contributed by atoms with van der Waals surface area (Å²) in [6, 6.07) is 23.9. The molecular formula is C30H28N2O4. The summed E-state index contributed by atoms with van der Waals surface area (Å²) in [7, 11) is 0. The predicted molar refractivity (Wildman–Crippen MR) is 143 cm³/mol. The van der Waals surface area contributed by atoms with Gasteiger partial charge in [0.15, 0.2) is 0 Å². The van der Waals surface area contributed by atoms with Gasteiger partial charge in [0.2, 0.25) is 0 Å². The third-order valence-electron chi connectivity index (χ3n) is 6.97. The molecule has 6 heteroatoms. The highest BCUT2D eigenvalue weighted by molar-refractivity contribution is 5.88. The van der Waals surface area contributed by atoms with Gasteiger partial charge in [-0.3, -0.25) is 9.59 Å². The lowest BCUT2D eigenvalue weighted by Crippen LogP contribution is -2.31.